The third kappa shape index (κ3) is 0.848. The molecule has 2 rings (SSSR count). The van der Waals surface area contributed by atoms with Crippen LogP contribution in [0.25, 0.3) is 0 Å². The van der Waals surface area contributed by atoms with E-state index in [9.17, 15) is 4.79 Å². The molecule has 4 heteroatoms. The van der Waals surface area contributed by atoms with Crippen LogP contribution in [0.15, 0.2) is 4.79 Å². The Balaban J connectivity index is 2.78. The number of anilines is 1. The van der Waals surface area contributed by atoms with Crippen molar-refractivity contribution in [3.05, 3.63) is 27.2 Å². The van der Waals surface area contributed by atoms with Crippen molar-refractivity contribution < 1.29 is 0 Å². The van der Waals surface area contributed by atoms with Crippen molar-refractivity contribution in [1.82, 2.24) is 10.3 Å². The molecule has 0 radical (unpaired) electrons. The molecule has 2 heterocycles. The summed E-state index contributed by atoms with van der Waals surface area (Å²) in [6, 6.07) is 0. The highest BCUT2D eigenvalue weighted by molar-refractivity contribution is 5.54. The van der Waals surface area contributed by atoms with Crippen LogP contribution < -0.4 is 16.6 Å². The topological polar surface area (TPSA) is 70.9 Å². The van der Waals surface area contributed by atoms with Gasteiger partial charge in [0.15, 0.2) is 0 Å². The lowest BCUT2D eigenvalue weighted by Gasteiger charge is -2.04. The van der Waals surface area contributed by atoms with Gasteiger partial charge in [-0.2, -0.15) is 0 Å². The Labute approximate surface area is 69.8 Å². The SMILES string of the molecule is Cc1[nH]c(=O)c2c(c1N)CNC2. The van der Waals surface area contributed by atoms with E-state index >= 15 is 0 Å². The van der Waals surface area contributed by atoms with Crippen molar-refractivity contribution in [2.24, 2.45) is 0 Å². The lowest BCUT2D eigenvalue weighted by atomic mass is 10.1. The molecule has 0 amide bonds. The summed E-state index contributed by atoms with van der Waals surface area (Å²) in [6.07, 6.45) is 0. The molecule has 0 spiro atoms. The monoisotopic (exact) mass is 165 g/mol. The maximum atomic E-state index is 11.3. The van der Waals surface area contributed by atoms with Crippen molar-refractivity contribution in [2.45, 2.75) is 20.0 Å². The van der Waals surface area contributed by atoms with Crippen molar-refractivity contribution in [3.8, 4) is 0 Å². The molecule has 0 aromatic carbocycles. The van der Waals surface area contributed by atoms with Gasteiger partial charge in [0.1, 0.15) is 0 Å². The summed E-state index contributed by atoms with van der Waals surface area (Å²) in [4.78, 5) is 14.1. The zero-order chi connectivity index (χ0) is 8.72. The predicted octanol–water partition coefficient (Wildman–Crippen LogP) is -0.131. The van der Waals surface area contributed by atoms with E-state index in [-0.39, 0.29) is 5.56 Å². The van der Waals surface area contributed by atoms with E-state index in [1.54, 1.807) is 0 Å². The molecule has 4 N–H and O–H groups in total. The summed E-state index contributed by atoms with van der Waals surface area (Å²) >= 11 is 0. The summed E-state index contributed by atoms with van der Waals surface area (Å²) in [5.74, 6) is 0. The second-order valence-corrected chi connectivity index (χ2v) is 3.05. The Morgan fingerprint density at radius 2 is 2.00 bits per heavy atom. The molecule has 0 unspecified atom stereocenters. The van der Waals surface area contributed by atoms with Crippen LogP contribution in [-0.2, 0) is 13.1 Å². The second-order valence-electron chi connectivity index (χ2n) is 3.05. The average Bonchev–Trinajstić information content (AvgIpc) is 2.48. The number of nitrogens with two attached hydrogens (primary N) is 1. The number of hydrogen-bond donors (Lipinski definition) is 3. The first-order chi connectivity index (χ1) is 5.70. The lowest BCUT2D eigenvalue weighted by Crippen LogP contribution is -2.16. The van der Waals surface area contributed by atoms with Gasteiger partial charge in [0, 0.05) is 29.9 Å². The van der Waals surface area contributed by atoms with Gasteiger partial charge in [-0.1, -0.05) is 0 Å². The first kappa shape index (κ1) is 7.36. The number of H-pyrrole nitrogens is 1. The first-order valence-corrected chi connectivity index (χ1v) is 3.91. The van der Waals surface area contributed by atoms with Crippen LogP contribution in [-0.4, -0.2) is 4.98 Å². The molecule has 4 nitrogen and oxygen atoms in total. The Hall–Kier alpha value is -1.29. The zero-order valence-electron chi connectivity index (χ0n) is 6.90. The average molecular weight is 165 g/mol. The molecule has 64 valence electrons. The highest BCUT2D eigenvalue weighted by Gasteiger charge is 2.17. The number of rotatable bonds is 0. The smallest absolute Gasteiger partial charge is 0.253 e. The van der Waals surface area contributed by atoms with E-state index in [2.05, 4.69) is 10.3 Å². The van der Waals surface area contributed by atoms with Gasteiger partial charge in [-0.05, 0) is 6.92 Å². The number of fused-ring (bicyclic) bond motifs is 1. The Bertz CT molecular complexity index is 381. The van der Waals surface area contributed by atoms with Crippen LogP contribution in [0, 0.1) is 6.92 Å². The molecule has 1 aliphatic heterocycles. The summed E-state index contributed by atoms with van der Waals surface area (Å²) in [5.41, 5.74) is 9.02. The fraction of sp³-hybridized carbons (Fsp3) is 0.375. The van der Waals surface area contributed by atoms with Crippen LogP contribution in [0.1, 0.15) is 16.8 Å². The minimum Gasteiger partial charge on any atom is -0.397 e. The molecular weight excluding hydrogens is 154 g/mol. The lowest BCUT2D eigenvalue weighted by molar-refractivity contribution is 0.763. The van der Waals surface area contributed by atoms with E-state index < -0.39 is 0 Å². The summed E-state index contributed by atoms with van der Waals surface area (Å²) in [7, 11) is 0. The first-order valence-electron chi connectivity index (χ1n) is 3.91. The normalized spacial score (nSPS) is 14.8. The maximum absolute atomic E-state index is 11.3. The number of nitrogens with one attached hydrogen (secondary N) is 2. The van der Waals surface area contributed by atoms with Crippen molar-refractivity contribution in [1.29, 1.82) is 0 Å². The van der Waals surface area contributed by atoms with E-state index in [1.165, 1.54) is 0 Å². The maximum Gasteiger partial charge on any atom is 0.253 e. The van der Waals surface area contributed by atoms with Crippen molar-refractivity contribution in [2.75, 3.05) is 5.73 Å². The van der Waals surface area contributed by atoms with Crippen molar-refractivity contribution in [3.63, 3.8) is 0 Å². The zero-order valence-corrected chi connectivity index (χ0v) is 6.90. The van der Waals surface area contributed by atoms with Gasteiger partial charge in [0.2, 0.25) is 0 Å². The Morgan fingerprint density at radius 1 is 1.33 bits per heavy atom. The highest BCUT2D eigenvalue weighted by Crippen LogP contribution is 2.19. The number of nitrogen functional groups attached to an aromatic ring is 1. The molecule has 1 aromatic heterocycles. The molecule has 1 aliphatic rings. The minimum atomic E-state index is -0.0123. The van der Waals surface area contributed by atoms with Gasteiger partial charge in [0.05, 0.1) is 5.69 Å². The number of aromatic amines is 1. The van der Waals surface area contributed by atoms with Gasteiger partial charge in [-0.15, -0.1) is 0 Å². The van der Waals surface area contributed by atoms with Gasteiger partial charge >= 0.3 is 0 Å². The third-order valence-electron chi connectivity index (χ3n) is 2.27. The second kappa shape index (κ2) is 2.35. The molecule has 0 fully saturated rings. The number of pyridine rings is 1. The quantitative estimate of drug-likeness (QED) is 0.501. The Morgan fingerprint density at radius 3 is 2.75 bits per heavy atom. The van der Waals surface area contributed by atoms with Crippen LogP contribution in [0.2, 0.25) is 0 Å². The predicted molar refractivity (Wildman–Crippen MR) is 46.8 cm³/mol. The van der Waals surface area contributed by atoms with E-state index in [1.807, 2.05) is 6.92 Å². The summed E-state index contributed by atoms with van der Waals surface area (Å²) < 4.78 is 0. The number of hydrogen-bond acceptors (Lipinski definition) is 3. The third-order valence-corrected chi connectivity index (χ3v) is 2.27. The van der Waals surface area contributed by atoms with Crippen molar-refractivity contribution >= 4 is 5.69 Å². The molecule has 0 atom stereocenters. The standard InChI is InChI=1S/C8H11N3O/c1-4-7(9)5-2-10-3-6(5)8(12)11-4/h10H,2-3,9H2,1H3,(H,11,12). The van der Waals surface area contributed by atoms with Gasteiger partial charge < -0.3 is 16.0 Å². The molecular formula is C8H11N3O. The fourth-order valence-corrected chi connectivity index (χ4v) is 1.54. The van der Waals surface area contributed by atoms with Gasteiger partial charge in [-0.25, -0.2) is 0 Å². The van der Waals surface area contributed by atoms with Gasteiger partial charge in [0.25, 0.3) is 5.56 Å². The van der Waals surface area contributed by atoms with Crippen LogP contribution in [0.3, 0.4) is 0 Å². The molecule has 0 saturated carbocycles. The van der Waals surface area contributed by atoms with Crippen LogP contribution >= 0.6 is 0 Å². The largest absolute Gasteiger partial charge is 0.397 e. The number of aryl methyl sites for hydroxylation is 1. The fourth-order valence-electron chi connectivity index (χ4n) is 1.54. The van der Waals surface area contributed by atoms with E-state index in [4.69, 9.17) is 5.73 Å². The van der Waals surface area contributed by atoms with Gasteiger partial charge in [-0.3, -0.25) is 4.79 Å². The Kier molecular flexibility index (Phi) is 1.44. The summed E-state index contributed by atoms with van der Waals surface area (Å²) in [5, 5.41) is 3.10. The minimum absolute atomic E-state index is 0.0123. The highest BCUT2D eigenvalue weighted by atomic mass is 16.1. The number of aromatic nitrogens is 1. The van der Waals surface area contributed by atoms with E-state index in [0.717, 1.165) is 22.5 Å². The summed E-state index contributed by atoms with van der Waals surface area (Å²) in [6.45, 7) is 3.16. The molecule has 1 aromatic rings. The molecule has 0 saturated heterocycles. The molecule has 12 heavy (non-hydrogen) atoms. The van der Waals surface area contributed by atoms with Crippen LogP contribution in [0.5, 0.6) is 0 Å². The van der Waals surface area contributed by atoms with Crippen LogP contribution in [0.4, 0.5) is 5.69 Å². The van der Waals surface area contributed by atoms with E-state index in [0.29, 0.717) is 13.1 Å². The molecule has 0 bridgehead atoms. The molecule has 0 aliphatic carbocycles.